The smallest absolute Gasteiger partial charge is 0.241 e. The van der Waals surface area contributed by atoms with E-state index in [4.69, 9.17) is 27.6 Å². The molecule has 3 aromatic rings. The summed E-state index contributed by atoms with van der Waals surface area (Å²) in [5.41, 5.74) is 1.07. The normalized spacial score (nSPS) is 21.0. The maximum Gasteiger partial charge on any atom is 0.241 e. The zero-order valence-corrected chi connectivity index (χ0v) is 16.2. The molecule has 0 amide bonds. The molecule has 2 atom stereocenters. The van der Waals surface area contributed by atoms with Crippen LogP contribution in [0.1, 0.15) is 17.4 Å². The Bertz CT molecular complexity index is 1110. The molecule has 0 fully saturated rings. The van der Waals surface area contributed by atoms with E-state index in [-0.39, 0.29) is 11.3 Å². The van der Waals surface area contributed by atoms with Crippen LogP contribution in [-0.2, 0) is 16.4 Å². The third kappa shape index (κ3) is 3.51. The molecule has 4 rings (SSSR count). The van der Waals surface area contributed by atoms with Crippen LogP contribution >= 0.6 is 23.2 Å². The highest BCUT2D eigenvalue weighted by Crippen LogP contribution is 2.34. The number of hydrogen-bond donors (Lipinski definition) is 2. The molecule has 2 N–H and O–H groups in total. The first-order valence-electron chi connectivity index (χ1n) is 8.18. The van der Waals surface area contributed by atoms with Gasteiger partial charge in [-0.1, -0.05) is 41.4 Å². The molecule has 0 unspecified atom stereocenters. The van der Waals surface area contributed by atoms with Crippen LogP contribution in [0.4, 0.5) is 0 Å². The number of aliphatic hydroxyl groups excluding tert-OH is 1. The summed E-state index contributed by atoms with van der Waals surface area (Å²) in [5.74, 6) is 1.07. The number of rotatable bonds is 3. The standard InChI is InChI=1S/C19H15Cl2NO4S/c20-11-5-7-13(15(21)9-11)17-8-6-12(26-17)10-16-19(23)14-3-1-2-4-18(14)27(24,25)22-16/h1-9,16,19,22-23H,10H2/t16-,19+/m1/s1. The lowest BCUT2D eigenvalue weighted by molar-refractivity contribution is 0.129. The first-order chi connectivity index (χ1) is 12.8. The van der Waals surface area contributed by atoms with Crippen LogP contribution in [0.25, 0.3) is 11.3 Å². The van der Waals surface area contributed by atoms with Gasteiger partial charge in [0.25, 0.3) is 0 Å². The van der Waals surface area contributed by atoms with Gasteiger partial charge in [0, 0.05) is 22.6 Å². The van der Waals surface area contributed by atoms with E-state index < -0.39 is 22.2 Å². The van der Waals surface area contributed by atoms with E-state index in [1.165, 1.54) is 6.07 Å². The molecule has 140 valence electrons. The van der Waals surface area contributed by atoms with Crippen LogP contribution < -0.4 is 4.72 Å². The number of furan rings is 1. The Morgan fingerprint density at radius 2 is 1.85 bits per heavy atom. The third-order valence-corrected chi connectivity index (χ3v) is 6.61. The van der Waals surface area contributed by atoms with Gasteiger partial charge in [0.2, 0.25) is 10.0 Å². The molecule has 0 saturated heterocycles. The van der Waals surface area contributed by atoms with Crippen molar-refractivity contribution < 1.29 is 17.9 Å². The second-order valence-electron chi connectivity index (χ2n) is 6.30. The predicted molar refractivity (Wildman–Crippen MR) is 103 cm³/mol. The molecule has 0 spiro atoms. The van der Waals surface area contributed by atoms with Crippen LogP contribution in [0.15, 0.2) is 63.9 Å². The Morgan fingerprint density at radius 1 is 1.07 bits per heavy atom. The summed E-state index contributed by atoms with van der Waals surface area (Å²) in [6, 6.07) is 14.3. The van der Waals surface area contributed by atoms with Crippen molar-refractivity contribution in [1.82, 2.24) is 4.72 Å². The Hall–Kier alpha value is -1.83. The van der Waals surface area contributed by atoms with Crippen LogP contribution in [0, 0.1) is 0 Å². The topological polar surface area (TPSA) is 79.5 Å². The van der Waals surface area contributed by atoms with Crippen LogP contribution in [0.3, 0.4) is 0 Å². The number of sulfonamides is 1. The molecule has 5 nitrogen and oxygen atoms in total. The maximum absolute atomic E-state index is 12.4. The summed E-state index contributed by atoms with van der Waals surface area (Å²) >= 11 is 12.1. The first kappa shape index (κ1) is 18.5. The monoisotopic (exact) mass is 423 g/mol. The fraction of sp³-hybridized carbons (Fsp3) is 0.158. The highest BCUT2D eigenvalue weighted by Gasteiger charge is 2.36. The van der Waals surface area contributed by atoms with E-state index in [1.54, 1.807) is 48.5 Å². The van der Waals surface area contributed by atoms with E-state index in [9.17, 15) is 13.5 Å². The van der Waals surface area contributed by atoms with Crippen molar-refractivity contribution in [3.8, 4) is 11.3 Å². The summed E-state index contributed by atoms with van der Waals surface area (Å²) in [4.78, 5) is 0.0989. The van der Waals surface area contributed by atoms with Crippen LogP contribution in [0.2, 0.25) is 10.0 Å². The predicted octanol–water partition coefficient (Wildman–Crippen LogP) is 4.19. The number of aliphatic hydroxyl groups is 1. The second kappa shape index (κ2) is 6.96. The lowest BCUT2D eigenvalue weighted by atomic mass is 9.99. The largest absolute Gasteiger partial charge is 0.461 e. The summed E-state index contributed by atoms with van der Waals surface area (Å²) in [6.07, 6.45) is -0.780. The van der Waals surface area contributed by atoms with Gasteiger partial charge >= 0.3 is 0 Å². The lowest BCUT2D eigenvalue weighted by Crippen LogP contribution is -2.45. The zero-order chi connectivity index (χ0) is 19.2. The van der Waals surface area contributed by atoms with Crippen molar-refractivity contribution in [2.45, 2.75) is 23.5 Å². The highest BCUT2D eigenvalue weighted by atomic mass is 35.5. The Balaban J connectivity index is 1.61. The van der Waals surface area contributed by atoms with E-state index >= 15 is 0 Å². The molecular weight excluding hydrogens is 409 g/mol. The van der Waals surface area contributed by atoms with Crippen LogP contribution in [-0.4, -0.2) is 19.6 Å². The zero-order valence-electron chi connectivity index (χ0n) is 13.9. The average Bonchev–Trinajstić information content (AvgIpc) is 3.07. The number of hydrogen-bond acceptors (Lipinski definition) is 4. The minimum atomic E-state index is -3.69. The minimum absolute atomic E-state index is 0.0989. The first-order valence-corrected chi connectivity index (χ1v) is 10.4. The SMILES string of the molecule is O=S1(=O)N[C@H](Cc2ccc(-c3ccc(Cl)cc3Cl)o2)[C@@H](O)c2ccccc21. The maximum atomic E-state index is 12.4. The Labute approximate surface area is 166 Å². The molecule has 2 heterocycles. The van der Waals surface area contributed by atoms with Crippen LogP contribution in [0.5, 0.6) is 0 Å². The van der Waals surface area contributed by atoms with Crippen molar-refractivity contribution in [2.75, 3.05) is 0 Å². The van der Waals surface area contributed by atoms with Gasteiger partial charge in [-0.2, -0.15) is 0 Å². The van der Waals surface area contributed by atoms with Gasteiger partial charge in [0.15, 0.2) is 0 Å². The molecule has 2 aromatic carbocycles. The Kier molecular flexibility index (Phi) is 4.78. The molecule has 1 aliphatic rings. The van der Waals surface area contributed by atoms with Crippen molar-refractivity contribution in [3.63, 3.8) is 0 Å². The molecule has 1 aliphatic heterocycles. The van der Waals surface area contributed by atoms with Gasteiger partial charge in [-0.3, -0.25) is 0 Å². The van der Waals surface area contributed by atoms with Gasteiger partial charge in [-0.05, 0) is 36.4 Å². The highest BCUT2D eigenvalue weighted by molar-refractivity contribution is 7.89. The summed E-state index contributed by atoms with van der Waals surface area (Å²) in [7, 11) is -3.69. The fourth-order valence-electron chi connectivity index (χ4n) is 3.21. The fourth-order valence-corrected chi connectivity index (χ4v) is 5.20. The van der Waals surface area contributed by atoms with Crippen molar-refractivity contribution in [2.24, 2.45) is 0 Å². The number of halogens is 2. The van der Waals surface area contributed by atoms with E-state index in [1.807, 2.05) is 0 Å². The second-order valence-corrected chi connectivity index (χ2v) is 8.83. The average molecular weight is 424 g/mol. The summed E-state index contributed by atoms with van der Waals surface area (Å²) in [6.45, 7) is 0. The number of fused-ring (bicyclic) bond motifs is 1. The Morgan fingerprint density at radius 3 is 2.63 bits per heavy atom. The summed E-state index contributed by atoms with van der Waals surface area (Å²) < 4.78 is 33.2. The molecule has 0 aliphatic carbocycles. The third-order valence-electron chi connectivity index (χ3n) is 4.49. The molecular formula is C19H15Cl2NO4S. The molecule has 0 radical (unpaired) electrons. The van der Waals surface area contributed by atoms with Gasteiger partial charge < -0.3 is 9.52 Å². The van der Waals surface area contributed by atoms with Gasteiger partial charge in [-0.15, -0.1) is 0 Å². The molecule has 0 bridgehead atoms. The molecule has 27 heavy (non-hydrogen) atoms. The van der Waals surface area contributed by atoms with Gasteiger partial charge in [0.1, 0.15) is 11.5 Å². The number of benzene rings is 2. The lowest BCUT2D eigenvalue weighted by Gasteiger charge is -2.30. The van der Waals surface area contributed by atoms with Crippen molar-refractivity contribution in [1.29, 1.82) is 0 Å². The number of nitrogens with one attached hydrogen (secondary N) is 1. The van der Waals surface area contributed by atoms with E-state index in [0.717, 1.165) is 0 Å². The minimum Gasteiger partial charge on any atom is -0.461 e. The summed E-state index contributed by atoms with van der Waals surface area (Å²) in [5, 5.41) is 11.6. The molecule has 0 saturated carbocycles. The van der Waals surface area contributed by atoms with Gasteiger partial charge in [-0.25, -0.2) is 13.1 Å². The van der Waals surface area contributed by atoms with E-state index in [0.29, 0.717) is 32.7 Å². The van der Waals surface area contributed by atoms with Gasteiger partial charge in [0.05, 0.1) is 22.1 Å². The van der Waals surface area contributed by atoms with E-state index in [2.05, 4.69) is 4.72 Å². The van der Waals surface area contributed by atoms with Crippen molar-refractivity contribution >= 4 is 33.2 Å². The molecule has 8 heteroatoms. The van der Waals surface area contributed by atoms with Crippen molar-refractivity contribution in [3.05, 3.63) is 76.0 Å². The quantitative estimate of drug-likeness (QED) is 0.661. The molecule has 1 aromatic heterocycles.